The lowest BCUT2D eigenvalue weighted by molar-refractivity contribution is 0.214. The summed E-state index contributed by atoms with van der Waals surface area (Å²) in [6.07, 6.45) is 1.97. The molecule has 1 heterocycles. The Bertz CT molecular complexity index is 404. The Labute approximate surface area is 95.5 Å². The number of hydrogen-bond donors (Lipinski definition) is 1. The number of piperidine rings is 1. The van der Waals surface area contributed by atoms with Crippen molar-refractivity contribution in [3.05, 3.63) is 35.9 Å². The van der Waals surface area contributed by atoms with Crippen LogP contribution >= 0.6 is 0 Å². The summed E-state index contributed by atoms with van der Waals surface area (Å²) in [5.41, 5.74) is 1.71. The summed E-state index contributed by atoms with van der Waals surface area (Å²) in [4.78, 5) is 4.79. The molecule has 0 amide bonds. The van der Waals surface area contributed by atoms with Gasteiger partial charge in [0.25, 0.3) is 0 Å². The molecular formula is C13H16N2O. The van der Waals surface area contributed by atoms with Crippen LogP contribution in [0, 0.1) is 11.8 Å². The van der Waals surface area contributed by atoms with Gasteiger partial charge in [-0.1, -0.05) is 35.5 Å². The fraction of sp³-hybridized carbons (Fsp3) is 0.462. The third-order valence-electron chi connectivity index (χ3n) is 4.00. The molecule has 2 aliphatic rings. The van der Waals surface area contributed by atoms with Gasteiger partial charge in [-0.05, 0) is 18.0 Å². The first kappa shape index (κ1) is 9.85. The summed E-state index contributed by atoms with van der Waals surface area (Å²) >= 11 is 0. The van der Waals surface area contributed by atoms with Gasteiger partial charge in [0.2, 0.25) is 0 Å². The highest BCUT2D eigenvalue weighted by molar-refractivity contribution is 5.71. The maximum Gasteiger partial charge on any atom is 0.106 e. The van der Waals surface area contributed by atoms with Crippen molar-refractivity contribution < 1.29 is 4.84 Å². The third kappa shape index (κ3) is 1.21. The predicted octanol–water partition coefficient (Wildman–Crippen LogP) is 1.41. The van der Waals surface area contributed by atoms with E-state index in [0.29, 0.717) is 11.8 Å². The Morgan fingerprint density at radius 1 is 1.44 bits per heavy atom. The van der Waals surface area contributed by atoms with Crippen LogP contribution in [0.3, 0.4) is 0 Å². The van der Waals surface area contributed by atoms with Crippen molar-refractivity contribution >= 4 is 6.21 Å². The molecule has 3 atom stereocenters. The van der Waals surface area contributed by atoms with Crippen molar-refractivity contribution in [2.75, 3.05) is 20.2 Å². The van der Waals surface area contributed by atoms with E-state index in [-0.39, 0.29) is 5.41 Å². The van der Waals surface area contributed by atoms with Crippen molar-refractivity contribution in [1.29, 1.82) is 0 Å². The summed E-state index contributed by atoms with van der Waals surface area (Å²) in [6, 6.07) is 10.7. The van der Waals surface area contributed by atoms with Crippen molar-refractivity contribution in [1.82, 2.24) is 5.32 Å². The van der Waals surface area contributed by atoms with Crippen LogP contribution in [0.15, 0.2) is 35.5 Å². The summed E-state index contributed by atoms with van der Waals surface area (Å²) in [5.74, 6) is 1.23. The zero-order valence-corrected chi connectivity index (χ0v) is 9.39. The molecule has 3 unspecified atom stereocenters. The number of fused-ring (bicyclic) bond motifs is 1. The van der Waals surface area contributed by atoms with Crippen LogP contribution in [0.4, 0.5) is 0 Å². The predicted molar refractivity (Wildman–Crippen MR) is 63.5 cm³/mol. The van der Waals surface area contributed by atoms with Gasteiger partial charge < -0.3 is 10.2 Å². The van der Waals surface area contributed by atoms with Gasteiger partial charge in [-0.3, -0.25) is 0 Å². The SMILES string of the molecule is CO/N=C/C1C2CNCC12c1ccccc1. The lowest BCUT2D eigenvalue weighted by atomic mass is 9.93. The van der Waals surface area contributed by atoms with Gasteiger partial charge in [-0.25, -0.2) is 0 Å². The van der Waals surface area contributed by atoms with E-state index in [2.05, 4.69) is 40.8 Å². The Hall–Kier alpha value is -1.35. The summed E-state index contributed by atoms with van der Waals surface area (Å²) in [6.45, 7) is 2.15. The minimum atomic E-state index is 0.281. The average Bonchev–Trinajstić information content (AvgIpc) is 2.74. The molecule has 1 aliphatic heterocycles. The summed E-state index contributed by atoms with van der Waals surface area (Å²) in [7, 11) is 1.60. The number of hydrogen-bond acceptors (Lipinski definition) is 3. The molecule has 1 aromatic carbocycles. The van der Waals surface area contributed by atoms with Gasteiger partial charge in [0.15, 0.2) is 0 Å². The second kappa shape index (κ2) is 3.59. The topological polar surface area (TPSA) is 33.6 Å². The van der Waals surface area contributed by atoms with Gasteiger partial charge in [-0.15, -0.1) is 0 Å². The first-order valence-corrected chi connectivity index (χ1v) is 5.72. The van der Waals surface area contributed by atoms with E-state index in [1.54, 1.807) is 7.11 Å². The molecule has 1 aromatic rings. The maximum atomic E-state index is 4.79. The van der Waals surface area contributed by atoms with Gasteiger partial charge in [-0.2, -0.15) is 0 Å². The van der Waals surface area contributed by atoms with Crippen LogP contribution in [0.5, 0.6) is 0 Å². The summed E-state index contributed by atoms with van der Waals surface area (Å²) < 4.78 is 0. The number of benzene rings is 1. The normalized spacial score (nSPS) is 36.3. The molecule has 84 valence electrons. The molecule has 0 radical (unpaired) electrons. The van der Waals surface area contributed by atoms with Crippen LogP contribution in [0.1, 0.15) is 5.56 Å². The Morgan fingerprint density at radius 2 is 2.25 bits per heavy atom. The van der Waals surface area contributed by atoms with E-state index >= 15 is 0 Å². The Kier molecular flexibility index (Phi) is 2.21. The van der Waals surface area contributed by atoms with E-state index in [1.807, 2.05) is 6.21 Å². The standard InChI is InChI=1S/C13H16N2O/c1-16-15-8-12-11-7-14-9-13(11,12)10-5-3-2-4-6-10/h2-6,8,11-12,14H,7,9H2,1H3/b15-8+. The Balaban J connectivity index is 1.90. The van der Waals surface area contributed by atoms with Crippen molar-refractivity contribution in [3.63, 3.8) is 0 Å². The molecule has 3 rings (SSSR count). The highest BCUT2D eigenvalue weighted by Gasteiger charge is 2.66. The van der Waals surface area contributed by atoms with Crippen LogP contribution < -0.4 is 5.32 Å². The van der Waals surface area contributed by atoms with Gasteiger partial charge in [0.1, 0.15) is 7.11 Å². The fourth-order valence-corrected chi connectivity index (χ4v) is 3.16. The smallest absolute Gasteiger partial charge is 0.106 e. The summed E-state index contributed by atoms with van der Waals surface area (Å²) in [5, 5.41) is 7.40. The number of nitrogens with one attached hydrogen (secondary N) is 1. The fourth-order valence-electron chi connectivity index (χ4n) is 3.16. The quantitative estimate of drug-likeness (QED) is 0.612. The maximum absolute atomic E-state index is 4.79. The molecule has 0 aromatic heterocycles. The second-order valence-corrected chi connectivity index (χ2v) is 4.61. The third-order valence-corrected chi connectivity index (χ3v) is 4.00. The van der Waals surface area contributed by atoms with E-state index in [0.717, 1.165) is 13.1 Å². The second-order valence-electron chi connectivity index (χ2n) is 4.61. The van der Waals surface area contributed by atoms with Crippen molar-refractivity contribution in [2.24, 2.45) is 17.0 Å². The van der Waals surface area contributed by atoms with E-state index < -0.39 is 0 Å². The van der Waals surface area contributed by atoms with Crippen molar-refractivity contribution in [2.45, 2.75) is 5.41 Å². The highest BCUT2D eigenvalue weighted by atomic mass is 16.6. The largest absolute Gasteiger partial charge is 0.399 e. The molecule has 1 N–H and O–H groups in total. The van der Waals surface area contributed by atoms with Crippen LogP contribution in [-0.4, -0.2) is 26.4 Å². The number of rotatable bonds is 3. The minimum Gasteiger partial charge on any atom is -0.399 e. The minimum absolute atomic E-state index is 0.281. The lowest BCUT2D eigenvalue weighted by Gasteiger charge is -2.13. The van der Waals surface area contributed by atoms with Gasteiger partial charge in [0.05, 0.1) is 0 Å². The number of oxime groups is 1. The van der Waals surface area contributed by atoms with Gasteiger partial charge in [0, 0.05) is 24.1 Å². The average molecular weight is 216 g/mol. The van der Waals surface area contributed by atoms with Crippen molar-refractivity contribution in [3.8, 4) is 0 Å². The van der Waals surface area contributed by atoms with E-state index in [9.17, 15) is 0 Å². The molecule has 1 saturated carbocycles. The number of nitrogens with zero attached hydrogens (tertiary/aromatic N) is 1. The van der Waals surface area contributed by atoms with Crippen LogP contribution in [-0.2, 0) is 10.3 Å². The molecular weight excluding hydrogens is 200 g/mol. The molecule has 0 spiro atoms. The zero-order chi connectivity index (χ0) is 11.0. The molecule has 2 fully saturated rings. The Morgan fingerprint density at radius 3 is 3.00 bits per heavy atom. The highest BCUT2D eigenvalue weighted by Crippen LogP contribution is 2.60. The molecule has 3 nitrogen and oxygen atoms in total. The molecule has 0 bridgehead atoms. The van der Waals surface area contributed by atoms with Crippen LogP contribution in [0.25, 0.3) is 0 Å². The monoisotopic (exact) mass is 216 g/mol. The van der Waals surface area contributed by atoms with Gasteiger partial charge >= 0.3 is 0 Å². The van der Waals surface area contributed by atoms with Crippen LogP contribution in [0.2, 0.25) is 0 Å². The van der Waals surface area contributed by atoms with E-state index in [1.165, 1.54) is 5.56 Å². The first-order valence-electron chi connectivity index (χ1n) is 5.72. The zero-order valence-electron chi connectivity index (χ0n) is 9.39. The first-order chi connectivity index (χ1) is 7.89. The lowest BCUT2D eigenvalue weighted by Crippen LogP contribution is -2.23. The molecule has 1 aliphatic carbocycles. The van der Waals surface area contributed by atoms with E-state index in [4.69, 9.17) is 4.84 Å². The molecule has 16 heavy (non-hydrogen) atoms. The molecule has 1 saturated heterocycles. The molecule has 3 heteroatoms.